The summed E-state index contributed by atoms with van der Waals surface area (Å²) in [5.74, 6) is -0.627. The van der Waals surface area contributed by atoms with Crippen LogP contribution >= 0.6 is 23.2 Å². The van der Waals surface area contributed by atoms with Gasteiger partial charge in [-0.25, -0.2) is 0 Å². The predicted molar refractivity (Wildman–Crippen MR) is 113 cm³/mol. The summed E-state index contributed by atoms with van der Waals surface area (Å²) in [5.41, 5.74) is 2.67. The SMILES string of the molecule is CC[NH+](CC)Cc1ccccc1CNC(=O)CNC(=O)c1ccc(Cl)c(Cl)c1. The molecule has 0 bridgehead atoms. The summed E-state index contributed by atoms with van der Waals surface area (Å²) in [4.78, 5) is 25.8. The van der Waals surface area contributed by atoms with E-state index in [2.05, 4.69) is 30.5 Å². The van der Waals surface area contributed by atoms with Crippen LogP contribution < -0.4 is 15.5 Å². The second-order valence-corrected chi connectivity index (χ2v) is 7.31. The normalized spacial score (nSPS) is 10.8. The van der Waals surface area contributed by atoms with Gasteiger partial charge in [0, 0.05) is 17.7 Å². The van der Waals surface area contributed by atoms with Crippen molar-refractivity contribution in [3.05, 3.63) is 69.2 Å². The highest BCUT2D eigenvalue weighted by Gasteiger charge is 2.12. The molecule has 0 aliphatic heterocycles. The minimum absolute atomic E-state index is 0.109. The molecule has 3 N–H and O–H groups in total. The van der Waals surface area contributed by atoms with Gasteiger partial charge in [-0.05, 0) is 37.6 Å². The van der Waals surface area contributed by atoms with Crippen molar-refractivity contribution in [2.24, 2.45) is 0 Å². The topological polar surface area (TPSA) is 62.6 Å². The van der Waals surface area contributed by atoms with Crippen LogP contribution in [0.1, 0.15) is 35.3 Å². The van der Waals surface area contributed by atoms with Gasteiger partial charge in [-0.3, -0.25) is 9.59 Å². The fourth-order valence-corrected chi connectivity index (χ4v) is 3.13. The fourth-order valence-electron chi connectivity index (χ4n) is 2.83. The van der Waals surface area contributed by atoms with Crippen LogP contribution in [-0.2, 0) is 17.9 Å². The maximum atomic E-state index is 12.1. The lowest BCUT2D eigenvalue weighted by Gasteiger charge is -2.18. The molecule has 2 aromatic carbocycles. The van der Waals surface area contributed by atoms with Crippen molar-refractivity contribution in [1.82, 2.24) is 10.6 Å². The Morgan fingerprint density at radius 3 is 2.25 bits per heavy atom. The molecule has 0 aromatic heterocycles. The molecule has 0 saturated carbocycles. The smallest absolute Gasteiger partial charge is 0.251 e. The van der Waals surface area contributed by atoms with Gasteiger partial charge < -0.3 is 15.5 Å². The second-order valence-electron chi connectivity index (χ2n) is 6.49. The standard InChI is InChI=1S/C21H25Cl2N3O2/c1-3-26(4-2)14-17-8-6-5-7-16(17)12-24-20(27)13-25-21(28)15-9-10-18(22)19(23)11-15/h5-11H,3-4,12-14H2,1-2H3,(H,24,27)(H,25,28)/p+1. The van der Waals surface area contributed by atoms with E-state index in [0.29, 0.717) is 22.2 Å². The molecule has 0 atom stereocenters. The first-order valence-electron chi connectivity index (χ1n) is 9.34. The molecule has 2 amide bonds. The zero-order chi connectivity index (χ0) is 20.5. The molecule has 2 aromatic rings. The van der Waals surface area contributed by atoms with Gasteiger partial charge in [-0.15, -0.1) is 0 Å². The van der Waals surface area contributed by atoms with Crippen LogP contribution in [0.15, 0.2) is 42.5 Å². The number of carbonyl (C=O) groups excluding carboxylic acids is 2. The molecular formula is C21H26Cl2N3O2+. The van der Waals surface area contributed by atoms with Gasteiger partial charge >= 0.3 is 0 Å². The highest BCUT2D eigenvalue weighted by Crippen LogP contribution is 2.22. The van der Waals surface area contributed by atoms with E-state index in [1.54, 1.807) is 12.1 Å². The quantitative estimate of drug-likeness (QED) is 0.581. The van der Waals surface area contributed by atoms with Gasteiger partial charge in [0.25, 0.3) is 5.91 Å². The lowest BCUT2D eigenvalue weighted by atomic mass is 10.1. The summed E-state index contributed by atoms with van der Waals surface area (Å²) in [6.45, 7) is 7.68. The Morgan fingerprint density at radius 2 is 1.61 bits per heavy atom. The van der Waals surface area contributed by atoms with Gasteiger partial charge in [-0.2, -0.15) is 0 Å². The molecule has 5 nitrogen and oxygen atoms in total. The van der Waals surface area contributed by atoms with E-state index in [9.17, 15) is 9.59 Å². The summed E-state index contributed by atoms with van der Waals surface area (Å²) in [6, 6.07) is 12.7. The van der Waals surface area contributed by atoms with Gasteiger partial charge in [0.1, 0.15) is 6.54 Å². The number of quaternary nitrogens is 1. The van der Waals surface area contributed by atoms with Gasteiger partial charge in [0.05, 0.1) is 29.7 Å². The predicted octanol–water partition coefficient (Wildman–Crippen LogP) is 2.46. The van der Waals surface area contributed by atoms with Crippen LogP contribution in [0, 0.1) is 0 Å². The maximum absolute atomic E-state index is 12.1. The van der Waals surface area contributed by atoms with Crippen molar-refractivity contribution in [2.75, 3.05) is 19.6 Å². The first kappa shape index (κ1) is 22.2. The van der Waals surface area contributed by atoms with Crippen LogP contribution in [0.4, 0.5) is 0 Å². The Hall–Kier alpha value is -2.08. The number of benzene rings is 2. The lowest BCUT2D eigenvalue weighted by Crippen LogP contribution is -3.10. The summed E-state index contributed by atoms with van der Waals surface area (Å²) in [7, 11) is 0. The zero-order valence-corrected chi connectivity index (χ0v) is 17.7. The Labute approximate surface area is 176 Å². The van der Waals surface area contributed by atoms with E-state index in [0.717, 1.165) is 25.2 Å². The summed E-state index contributed by atoms with van der Waals surface area (Å²) in [6.07, 6.45) is 0. The molecule has 150 valence electrons. The van der Waals surface area contributed by atoms with E-state index in [1.165, 1.54) is 16.5 Å². The van der Waals surface area contributed by atoms with Crippen molar-refractivity contribution in [3.63, 3.8) is 0 Å². The minimum Gasteiger partial charge on any atom is -0.350 e. The number of carbonyl (C=O) groups is 2. The van der Waals surface area contributed by atoms with Gasteiger partial charge in [-0.1, -0.05) is 47.5 Å². The molecular weight excluding hydrogens is 397 g/mol. The molecule has 0 heterocycles. The van der Waals surface area contributed by atoms with Crippen molar-refractivity contribution in [1.29, 1.82) is 0 Å². The third-order valence-corrected chi connectivity index (χ3v) is 5.37. The average Bonchev–Trinajstić information content (AvgIpc) is 2.71. The molecule has 2 rings (SSSR count). The largest absolute Gasteiger partial charge is 0.350 e. The van der Waals surface area contributed by atoms with E-state index in [1.807, 2.05) is 18.2 Å². The molecule has 7 heteroatoms. The first-order chi connectivity index (χ1) is 13.4. The monoisotopic (exact) mass is 422 g/mol. The lowest BCUT2D eigenvalue weighted by molar-refractivity contribution is -0.910. The molecule has 0 radical (unpaired) electrons. The summed E-state index contributed by atoms with van der Waals surface area (Å²) < 4.78 is 0. The Kier molecular flexibility index (Phi) is 8.77. The Balaban J connectivity index is 1.87. The van der Waals surface area contributed by atoms with Crippen LogP contribution in [-0.4, -0.2) is 31.4 Å². The summed E-state index contributed by atoms with van der Waals surface area (Å²) >= 11 is 11.8. The summed E-state index contributed by atoms with van der Waals surface area (Å²) in [5, 5.41) is 6.13. The first-order valence-corrected chi connectivity index (χ1v) is 10.1. The maximum Gasteiger partial charge on any atom is 0.251 e. The Bertz CT molecular complexity index is 823. The number of hydrogen-bond donors (Lipinski definition) is 3. The van der Waals surface area contributed by atoms with Crippen LogP contribution in [0.25, 0.3) is 0 Å². The molecule has 0 saturated heterocycles. The number of rotatable bonds is 9. The number of nitrogens with one attached hydrogen (secondary N) is 3. The number of amides is 2. The highest BCUT2D eigenvalue weighted by atomic mass is 35.5. The molecule has 28 heavy (non-hydrogen) atoms. The number of hydrogen-bond acceptors (Lipinski definition) is 2. The molecule has 0 unspecified atom stereocenters. The van der Waals surface area contributed by atoms with E-state index in [-0.39, 0.29) is 18.4 Å². The van der Waals surface area contributed by atoms with Gasteiger partial charge in [0.2, 0.25) is 5.91 Å². The van der Waals surface area contributed by atoms with Gasteiger partial charge in [0.15, 0.2) is 0 Å². The van der Waals surface area contributed by atoms with E-state index in [4.69, 9.17) is 23.2 Å². The Morgan fingerprint density at radius 1 is 0.929 bits per heavy atom. The van der Waals surface area contributed by atoms with E-state index >= 15 is 0 Å². The molecule has 0 aliphatic rings. The molecule has 0 aliphatic carbocycles. The minimum atomic E-state index is -0.376. The zero-order valence-electron chi connectivity index (χ0n) is 16.1. The van der Waals surface area contributed by atoms with Crippen molar-refractivity contribution >= 4 is 35.0 Å². The van der Waals surface area contributed by atoms with Crippen molar-refractivity contribution in [2.45, 2.75) is 26.9 Å². The molecule has 0 fully saturated rings. The third kappa shape index (κ3) is 6.51. The fraction of sp³-hybridized carbons (Fsp3) is 0.333. The van der Waals surface area contributed by atoms with Crippen molar-refractivity contribution in [3.8, 4) is 0 Å². The molecule has 0 spiro atoms. The third-order valence-electron chi connectivity index (χ3n) is 4.63. The van der Waals surface area contributed by atoms with E-state index < -0.39 is 0 Å². The van der Waals surface area contributed by atoms with Crippen LogP contribution in [0.5, 0.6) is 0 Å². The van der Waals surface area contributed by atoms with Crippen LogP contribution in [0.2, 0.25) is 10.0 Å². The second kappa shape index (κ2) is 11.1. The number of halogens is 2. The van der Waals surface area contributed by atoms with Crippen LogP contribution in [0.3, 0.4) is 0 Å². The highest BCUT2D eigenvalue weighted by molar-refractivity contribution is 6.42. The average molecular weight is 423 g/mol. The van der Waals surface area contributed by atoms with Crippen molar-refractivity contribution < 1.29 is 14.5 Å².